The van der Waals surface area contributed by atoms with Gasteiger partial charge in [-0.25, -0.2) is 4.98 Å². The van der Waals surface area contributed by atoms with Crippen molar-refractivity contribution in [3.05, 3.63) is 22.8 Å². The molecule has 0 radical (unpaired) electrons. The third-order valence-corrected chi connectivity index (χ3v) is 2.52. The molecule has 64 valence electrons. The maximum atomic E-state index is 4.40. The van der Waals surface area contributed by atoms with Crippen LogP contribution in [0.2, 0.25) is 0 Å². The van der Waals surface area contributed by atoms with Gasteiger partial charge in [-0.3, -0.25) is 4.40 Å². The van der Waals surface area contributed by atoms with Crippen LogP contribution >= 0.6 is 0 Å². The van der Waals surface area contributed by atoms with Gasteiger partial charge in [-0.1, -0.05) is 0 Å². The first-order chi connectivity index (χ1) is 5.61. The van der Waals surface area contributed by atoms with Crippen LogP contribution in [0, 0.1) is 27.7 Å². The van der Waals surface area contributed by atoms with E-state index in [0.29, 0.717) is 0 Å². The highest BCUT2D eigenvalue weighted by atomic mass is 15.1. The highest BCUT2D eigenvalue weighted by Crippen LogP contribution is 2.15. The minimum absolute atomic E-state index is 0.958. The van der Waals surface area contributed by atoms with E-state index in [0.717, 1.165) is 11.5 Å². The van der Waals surface area contributed by atoms with Crippen LogP contribution in [0.25, 0.3) is 5.78 Å². The second kappa shape index (κ2) is 2.12. The van der Waals surface area contributed by atoms with E-state index >= 15 is 0 Å². The molecule has 0 aliphatic rings. The number of aryl methyl sites for hydroxylation is 4. The second-order valence-electron chi connectivity index (χ2n) is 3.28. The van der Waals surface area contributed by atoms with Crippen LogP contribution in [0.1, 0.15) is 22.8 Å². The lowest BCUT2D eigenvalue weighted by atomic mass is 10.3. The highest BCUT2D eigenvalue weighted by molar-refractivity contribution is 5.40. The van der Waals surface area contributed by atoms with Crippen molar-refractivity contribution in [2.24, 2.45) is 0 Å². The van der Waals surface area contributed by atoms with E-state index in [1.165, 1.54) is 17.1 Å². The zero-order valence-electron chi connectivity index (χ0n) is 7.89. The van der Waals surface area contributed by atoms with Crippen molar-refractivity contribution in [1.29, 1.82) is 0 Å². The Morgan fingerprint density at radius 2 is 1.75 bits per heavy atom. The molecule has 0 saturated carbocycles. The lowest BCUT2D eigenvalue weighted by molar-refractivity contribution is 1.04. The first-order valence-electron chi connectivity index (χ1n) is 4.12. The average Bonchev–Trinajstić information content (AvgIpc) is 2.40. The molecule has 3 nitrogen and oxygen atoms in total. The molecule has 0 unspecified atom stereocenters. The molecule has 2 aromatic rings. The molecule has 0 atom stereocenters. The Labute approximate surface area is 71.4 Å². The van der Waals surface area contributed by atoms with E-state index in [4.69, 9.17) is 0 Å². The maximum Gasteiger partial charge on any atom is 0.212 e. The van der Waals surface area contributed by atoms with Crippen LogP contribution in [0.4, 0.5) is 0 Å². The summed E-state index contributed by atoms with van der Waals surface area (Å²) >= 11 is 0. The van der Waals surface area contributed by atoms with Gasteiger partial charge >= 0.3 is 0 Å². The maximum absolute atomic E-state index is 4.40. The molecule has 0 fully saturated rings. The number of aromatic amines is 1. The fourth-order valence-electron chi connectivity index (χ4n) is 1.53. The summed E-state index contributed by atoms with van der Waals surface area (Å²) in [5.41, 5.74) is 4.78. The van der Waals surface area contributed by atoms with Crippen LogP contribution in [-0.2, 0) is 0 Å². The fourth-order valence-corrected chi connectivity index (χ4v) is 1.53. The van der Waals surface area contributed by atoms with Gasteiger partial charge in [-0.2, -0.15) is 0 Å². The summed E-state index contributed by atoms with van der Waals surface area (Å²) in [5.74, 6) is 0.958. The number of nitrogens with zero attached hydrogens (tertiary/aromatic N) is 2. The SMILES string of the molecule is Cc1nc2[nH]c(C)c(C)n2c1C. The first kappa shape index (κ1) is 7.40. The third-order valence-electron chi connectivity index (χ3n) is 2.52. The van der Waals surface area contributed by atoms with Gasteiger partial charge in [0, 0.05) is 17.1 Å². The van der Waals surface area contributed by atoms with Gasteiger partial charge in [0.2, 0.25) is 5.78 Å². The average molecular weight is 163 g/mol. The Morgan fingerprint density at radius 1 is 1.08 bits per heavy atom. The zero-order valence-corrected chi connectivity index (χ0v) is 7.89. The lowest BCUT2D eigenvalue weighted by Crippen LogP contribution is -1.88. The van der Waals surface area contributed by atoms with E-state index in [1.54, 1.807) is 0 Å². The first-order valence-corrected chi connectivity index (χ1v) is 4.12. The highest BCUT2D eigenvalue weighted by Gasteiger charge is 2.09. The van der Waals surface area contributed by atoms with E-state index in [2.05, 4.69) is 35.1 Å². The summed E-state index contributed by atoms with van der Waals surface area (Å²) in [5, 5.41) is 0. The summed E-state index contributed by atoms with van der Waals surface area (Å²) in [4.78, 5) is 7.64. The molecule has 1 N–H and O–H groups in total. The molecule has 0 aliphatic heterocycles. The van der Waals surface area contributed by atoms with Gasteiger partial charge in [0.05, 0.1) is 5.69 Å². The summed E-state index contributed by atoms with van der Waals surface area (Å²) < 4.78 is 2.16. The Bertz CT molecular complexity index is 396. The molecule has 0 saturated heterocycles. The Balaban J connectivity index is 2.94. The number of hydrogen-bond acceptors (Lipinski definition) is 1. The molecule has 2 rings (SSSR count). The minimum atomic E-state index is 0.958. The predicted octanol–water partition coefficient (Wildman–Crippen LogP) is 1.90. The molecule has 2 heterocycles. The number of nitrogens with one attached hydrogen (secondary N) is 1. The monoisotopic (exact) mass is 163 g/mol. The standard InChI is InChI=1S/C9H13N3/c1-5-7(3)12-8(4)6(2)11-9(12)10-5/h1-4H3,(H,10,11). The number of rotatable bonds is 0. The predicted molar refractivity (Wildman–Crippen MR) is 48.5 cm³/mol. The molecular weight excluding hydrogens is 150 g/mol. The van der Waals surface area contributed by atoms with E-state index < -0.39 is 0 Å². The smallest absolute Gasteiger partial charge is 0.212 e. The van der Waals surface area contributed by atoms with Crippen LogP contribution in [0.15, 0.2) is 0 Å². The molecule has 2 aromatic heterocycles. The van der Waals surface area contributed by atoms with Gasteiger partial charge in [-0.15, -0.1) is 0 Å². The fraction of sp³-hybridized carbons (Fsp3) is 0.444. The van der Waals surface area contributed by atoms with Crippen molar-refractivity contribution in [3.63, 3.8) is 0 Å². The Kier molecular flexibility index (Phi) is 1.31. The van der Waals surface area contributed by atoms with Gasteiger partial charge < -0.3 is 4.98 Å². The quantitative estimate of drug-likeness (QED) is 0.632. The summed E-state index contributed by atoms with van der Waals surface area (Å²) in [7, 11) is 0. The van der Waals surface area contributed by atoms with Crippen molar-refractivity contribution in [2.45, 2.75) is 27.7 Å². The summed E-state index contributed by atoms with van der Waals surface area (Å²) in [6.07, 6.45) is 0. The van der Waals surface area contributed by atoms with Gasteiger partial charge in [0.1, 0.15) is 0 Å². The molecule has 12 heavy (non-hydrogen) atoms. The van der Waals surface area contributed by atoms with Gasteiger partial charge in [0.15, 0.2) is 0 Å². The third kappa shape index (κ3) is 0.734. The Hall–Kier alpha value is -1.25. The number of aromatic nitrogens is 3. The molecular formula is C9H13N3. The van der Waals surface area contributed by atoms with Crippen LogP contribution in [0.5, 0.6) is 0 Å². The van der Waals surface area contributed by atoms with Gasteiger partial charge in [0.25, 0.3) is 0 Å². The van der Waals surface area contributed by atoms with Crippen LogP contribution < -0.4 is 0 Å². The molecule has 0 aliphatic carbocycles. The second-order valence-corrected chi connectivity index (χ2v) is 3.28. The lowest BCUT2D eigenvalue weighted by Gasteiger charge is -1.94. The minimum Gasteiger partial charge on any atom is -0.328 e. The molecule has 3 heteroatoms. The largest absolute Gasteiger partial charge is 0.328 e. The van der Waals surface area contributed by atoms with E-state index in [-0.39, 0.29) is 0 Å². The summed E-state index contributed by atoms with van der Waals surface area (Å²) in [6.45, 7) is 8.30. The van der Waals surface area contributed by atoms with Crippen LogP contribution in [-0.4, -0.2) is 14.4 Å². The number of hydrogen-bond donors (Lipinski definition) is 1. The van der Waals surface area contributed by atoms with Crippen molar-refractivity contribution >= 4 is 5.78 Å². The van der Waals surface area contributed by atoms with Crippen molar-refractivity contribution in [1.82, 2.24) is 14.4 Å². The normalized spacial score (nSPS) is 11.3. The number of imidazole rings is 2. The molecule has 0 bridgehead atoms. The van der Waals surface area contributed by atoms with E-state index in [9.17, 15) is 0 Å². The van der Waals surface area contributed by atoms with Crippen LogP contribution in [0.3, 0.4) is 0 Å². The van der Waals surface area contributed by atoms with Crippen molar-refractivity contribution in [2.75, 3.05) is 0 Å². The molecule has 0 amide bonds. The van der Waals surface area contributed by atoms with Crippen molar-refractivity contribution < 1.29 is 0 Å². The number of fused-ring (bicyclic) bond motifs is 1. The van der Waals surface area contributed by atoms with Gasteiger partial charge in [-0.05, 0) is 27.7 Å². The summed E-state index contributed by atoms with van der Waals surface area (Å²) in [6, 6.07) is 0. The molecule has 0 aromatic carbocycles. The number of H-pyrrole nitrogens is 1. The van der Waals surface area contributed by atoms with Crippen molar-refractivity contribution in [3.8, 4) is 0 Å². The Morgan fingerprint density at radius 3 is 2.33 bits per heavy atom. The molecule has 0 spiro atoms. The van der Waals surface area contributed by atoms with E-state index in [1.807, 2.05) is 6.92 Å². The topological polar surface area (TPSA) is 33.1 Å². The zero-order chi connectivity index (χ0) is 8.88.